The summed E-state index contributed by atoms with van der Waals surface area (Å²) < 4.78 is 11.4. The Labute approximate surface area is 201 Å². The smallest absolute Gasteiger partial charge is 0.332 e. The number of hydrogen-bond acceptors (Lipinski definition) is 5. The number of rotatable bonds is 10. The van der Waals surface area contributed by atoms with Crippen LogP contribution in [0.25, 0.3) is 11.0 Å². The minimum Gasteiger partial charge on any atom is -0.457 e. The van der Waals surface area contributed by atoms with Gasteiger partial charge in [0.25, 0.3) is 0 Å². The highest BCUT2D eigenvalue weighted by atomic mass is 16.6. The maximum absolute atomic E-state index is 12.6. The molecule has 2 aromatic carbocycles. The molecule has 0 radical (unpaired) electrons. The molecule has 3 aliphatic carbocycles. The van der Waals surface area contributed by atoms with Gasteiger partial charge >= 0.3 is 5.97 Å². The van der Waals surface area contributed by atoms with Crippen LogP contribution in [0.15, 0.2) is 48.5 Å². The molecule has 6 rings (SSSR count). The van der Waals surface area contributed by atoms with E-state index in [-0.39, 0.29) is 18.5 Å². The van der Waals surface area contributed by atoms with Crippen molar-refractivity contribution in [1.82, 2.24) is 14.9 Å². The number of aromatic nitrogens is 2. The van der Waals surface area contributed by atoms with E-state index in [0.29, 0.717) is 5.92 Å². The van der Waals surface area contributed by atoms with Gasteiger partial charge in [0.15, 0.2) is 0 Å². The minimum absolute atomic E-state index is 0.00806. The highest BCUT2D eigenvalue weighted by molar-refractivity contribution is 5.74. The lowest BCUT2D eigenvalue weighted by molar-refractivity contribution is -0.174. The Balaban J connectivity index is 1.23. The second kappa shape index (κ2) is 9.88. The number of methoxy groups -OCH3 is 1. The number of benzene rings is 2. The van der Waals surface area contributed by atoms with Crippen molar-refractivity contribution in [3.8, 4) is 0 Å². The Kier molecular flexibility index (Phi) is 6.70. The second-order valence-electron chi connectivity index (χ2n) is 9.99. The molecule has 3 aromatic rings. The molecule has 3 aliphatic rings. The van der Waals surface area contributed by atoms with E-state index in [9.17, 15) is 4.79 Å². The van der Waals surface area contributed by atoms with Gasteiger partial charge < -0.3 is 19.4 Å². The van der Waals surface area contributed by atoms with Crippen molar-refractivity contribution in [2.75, 3.05) is 33.9 Å². The first-order valence-electron chi connectivity index (χ1n) is 12.5. The van der Waals surface area contributed by atoms with E-state index in [4.69, 9.17) is 14.5 Å². The number of H-pyrrole nitrogens is 1. The number of para-hydroxylation sites is 2. The number of imidazole rings is 1. The summed E-state index contributed by atoms with van der Waals surface area (Å²) in [6.07, 6.45) is 5.97. The first kappa shape index (κ1) is 23.1. The number of ether oxygens (including phenoxy) is 2. The fraction of sp³-hybridized carbons (Fsp3) is 0.500. The Bertz CT molecular complexity index is 1110. The van der Waals surface area contributed by atoms with Crippen LogP contribution in [0.3, 0.4) is 0 Å². The van der Waals surface area contributed by atoms with E-state index in [1.807, 2.05) is 18.2 Å². The average molecular weight is 462 g/mol. The summed E-state index contributed by atoms with van der Waals surface area (Å²) in [5, 5.41) is 0. The van der Waals surface area contributed by atoms with Crippen molar-refractivity contribution in [2.24, 2.45) is 0 Å². The quantitative estimate of drug-likeness (QED) is 0.439. The zero-order valence-corrected chi connectivity index (χ0v) is 20.3. The van der Waals surface area contributed by atoms with E-state index in [2.05, 4.69) is 47.3 Å². The van der Waals surface area contributed by atoms with Gasteiger partial charge in [-0.2, -0.15) is 0 Å². The summed E-state index contributed by atoms with van der Waals surface area (Å²) >= 11 is 0. The topological polar surface area (TPSA) is 67.5 Å². The predicted molar refractivity (Wildman–Crippen MR) is 133 cm³/mol. The summed E-state index contributed by atoms with van der Waals surface area (Å²) in [5.74, 6) is 1.52. The molecular weight excluding hydrogens is 426 g/mol. The van der Waals surface area contributed by atoms with Crippen molar-refractivity contribution in [3.63, 3.8) is 0 Å². The molecule has 0 amide bonds. The lowest BCUT2D eigenvalue weighted by Gasteiger charge is -2.52. The normalized spacial score (nSPS) is 23.4. The molecule has 1 heterocycles. The maximum Gasteiger partial charge on any atom is 0.332 e. The zero-order chi connectivity index (χ0) is 23.5. The van der Waals surface area contributed by atoms with Crippen LogP contribution in [0.4, 0.5) is 0 Å². The summed E-state index contributed by atoms with van der Waals surface area (Å²) in [5.41, 5.74) is 4.51. The van der Waals surface area contributed by atoms with Gasteiger partial charge in [-0.3, -0.25) is 0 Å². The standard InChI is InChI=1S/C28H35N3O3/c1-31(16-7-12-26-29-24-10-5-6-11-25(24)30-26)17-15-28(34-27(32)19-33-2)18-20-13-14-23(28)22-9-4-3-8-21(20)22/h3-6,8-11,20,23H,7,12-19H2,1-2H3,(H,29,30)/t20-,23-,28+/m0/s1. The predicted octanol–water partition coefficient (Wildman–Crippen LogP) is 4.81. The number of fused-ring (bicyclic) bond motifs is 3. The second-order valence-corrected chi connectivity index (χ2v) is 9.99. The van der Waals surface area contributed by atoms with Gasteiger partial charge in [0.1, 0.15) is 18.0 Å². The van der Waals surface area contributed by atoms with Gasteiger partial charge in [0.2, 0.25) is 0 Å². The number of nitrogens with one attached hydrogen (secondary N) is 1. The largest absolute Gasteiger partial charge is 0.457 e. The van der Waals surface area contributed by atoms with Gasteiger partial charge in [0, 0.05) is 32.4 Å². The van der Waals surface area contributed by atoms with Crippen molar-refractivity contribution < 1.29 is 14.3 Å². The molecule has 1 N–H and O–H groups in total. The minimum atomic E-state index is -0.445. The first-order valence-corrected chi connectivity index (χ1v) is 12.5. The highest BCUT2D eigenvalue weighted by Crippen LogP contribution is 2.57. The number of hydrogen-bond donors (Lipinski definition) is 1. The van der Waals surface area contributed by atoms with E-state index in [1.165, 1.54) is 17.5 Å². The first-order chi connectivity index (χ1) is 16.6. The molecule has 0 aliphatic heterocycles. The van der Waals surface area contributed by atoms with Gasteiger partial charge in [-0.15, -0.1) is 0 Å². The third-order valence-electron chi connectivity index (χ3n) is 7.73. The van der Waals surface area contributed by atoms with Gasteiger partial charge in [-0.05, 0) is 68.5 Å². The van der Waals surface area contributed by atoms with E-state index >= 15 is 0 Å². The Hall–Kier alpha value is -2.70. The summed E-state index contributed by atoms with van der Waals surface area (Å²) in [4.78, 5) is 23.1. The fourth-order valence-corrected chi connectivity index (χ4v) is 6.14. The van der Waals surface area contributed by atoms with Crippen LogP contribution >= 0.6 is 0 Å². The van der Waals surface area contributed by atoms with E-state index in [1.54, 1.807) is 7.11 Å². The summed E-state index contributed by atoms with van der Waals surface area (Å²) in [7, 11) is 3.71. The number of aryl methyl sites for hydroxylation is 1. The monoisotopic (exact) mass is 461 g/mol. The molecule has 6 heteroatoms. The van der Waals surface area contributed by atoms with Crippen LogP contribution in [0, 0.1) is 0 Å². The van der Waals surface area contributed by atoms with Crippen LogP contribution < -0.4 is 0 Å². The molecule has 180 valence electrons. The number of carbonyl (C=O) groups excluding carboxylic acids is 1. The molecule has 0 spiro atoms. The number of nitrogens with zero attached hydrogens (tertiary/aromatic N) is 2. The molecule has 1 fully saturated rings. The molecule has 1 aromatic heterocycles. The molecule has 6 nitrogen and oxygen atoms in total. The number of esters is 1. The lowest BCUT2D eigenvalue weighted by Crippen LogP contribution is -2.51. The van der Waals surface area contributed by atoms with Crippen LogP contribution in [-0.2, 0) is 20.7 Å². The van der Waals surface area contributed by atoms with Crippen LogP contribution in [-0.4, -0.2) is 60.3 Å². The molecule has 0 unspecified atom stereocenters. The lowest BCUT2D eigenvalue weighted by atomic mass is 9.58. The maximum atomic E-state index is 12.6. The molecule has 34 heavy (non-hydrogen) atoms. The van der Waals surface area contributed by atoms with Gasteiger partial charge in [0.05, 0.1) is 11.0 Å². The van der Waals surface area contributed by atoms with Crippen LogP contribution in [0.2, 0.25) is 0 Å². The van der Waals surface area contributed by atoms with Crippen molar-refractivity contribution in [1.29, 1.82) is 0 Å². The van der Waals surface area contributed by atoms with Crippen molar-refractivity contribution in [3.05, 3.63) is 65.5 Å². The average Bonchev–Trinajstić information content (AvgIpc) is 3.26. The van der Waals surface area contributed by atoms with Crippen molar-refractivity contribution >= 4 is 17.0 Å². The van der Waals surface area contributed by atoms with Crippen LogP contribution in [0.1, 0.15) is 60.9 Å². The number of aromatic amines is 1. The molecule has 3 atom stereocenters. The molecule has 2 bridgehead atoms. The summed E-state index contributed by atoms with van der Waals surface area (Å²) in [6, 6.07) is 16.9. The Morgan fingerprint density at radius 3 is 2.74 bits per heavy atom. The molecule has 1 saturated carbocycles. The SMILES string of the molecule is COCC(=O)O[C@]1(CCN(C)CCCc2nc3ccccc3[nH]2)C[C@@H]2CC[C@H]1c1ccccc12. The van der Waals surface area contributed by atoms with E-state index < -0.39 is 5.60 Å². The van der Waals surface area contributed by atoms with E-state index in [0.717, 1.165) is 62.1 Å². The molecule has 0 saturated heterocycles. The fourth-order valence-electron chi connectivity index (χ4n) is 6.14. The van der Waals surface area contributed by atoms with Crippen LogP contribution in [0.5, 0.6) is 0 Å². The third-order valence-corrected chi connectivity index (χ3v) is 7.73. The molecular formula is C28H35N3O3. The third kappa shape index (κ3) is 4.62. The zero-order valence-electron chi connectivity index (χ0n) is 20.3. The Morgan fingerprint density at radius 1 is 1.12 bits per heavy atom. The van der Waals surface area contributed by atoms with Gasteiger partial charge in [-0.25, -0.2) is 9.78 Å². The number of carbonyl (C=O) groups is 1. The van der Waals surface area contributed by atoms with Crippen molar-refractivity contribution in [2.45, 2.75) is 56.0 Å². The highest BCUT2D eigenvalue weighted by Gasteiger charge is 2.52. The Morgan fingerprint density at radius 2 is 1.91 bits per heavy atom. The van der Waals surface area contributed by atoms with Gasteiger partial charge in [-0.1, -0.05) is 36.4 Å². The summed E-state index contributed by atoms with van der Waals surface area (Å²) in [6.45, 7) is 1.88.